The van der Waals surface area contributed by atoms with Crippen molar-refractivity contribution in [2.24, 2.45) is 0 Å². The second-order valence-corrected chi connectivity index (χ2v) is 5.56. The van der Waals surface area contributed by atoms with Gasteiger partial charge >= 0.3 is 0 Å². The van der Waals surface area contributed by atoms with Gasteiger partial charge in [-0.05, 0) is 37.6 Å². The molecule has 0 radical (unpaired) electrons. The monoisotopic (exact) mass is 359 g/mol. The van der Waals surface area contributed by atoms with Gasteiger partial charge in [-0.3, -0.25) is 0 Å². The Morgan fingerprint density at radius 1 is 1.09 bits per heavy atom. The first-order valence-electron chi connectivity index (χ1n) is 7.06. The lowest BCUT2D eigenvalue weighted by Crippen LogP contribution is -2.17. The predicted molar refractivity (Wildman–Crippen MR) is 96.7 cm³/mol. The molecule has 2 aromatic rings. The molecule has 1 N–H and O–H groups in total. The maximum absolute atomic E-state index is 6.18. The van der Waals surface area contributed by atoms with Crippen molar-refractivity contribution >= 4 is 35.6 Å². The Morgan fingerprint density at radius 3 is 2.50 bits per heavy atom. The normalized spacial score (nSPS) is 10.1. The predicted octanol–water partition coefficient (Wildman–Crippen LogP) is 5.15. The smallest absolute Gasteiger partial charge is 0.142 e. The Balaban J connectivity index is 0.00000242. The first kappa shape index (κ1) is 19.1. The van der Waals surface area contributed by atoms with Crippen LogP contribution in [0.5, 0.6) is 5.75 Å². The van der Waals surface area contributed by atoms with Gasteiger partial charge < -0.3 is 10.1 Å². The summed E-state index contributed by atoms with van der Waals surface area (Å²) in [4.78, 5) is 0. The Morgan fingerprint density at radius 2 is 1.82 bits per heavy atom. The lowest BCUT2D eigenvalue weighted by Gasteiger charge is -2.13. The number of ether oxygens (including phenoxy) is 1. The fourth-order valence-electron chi connectivity index (χ4n) is 2.15. The summed E-state index contributed by atoms with van der Waals surface area (Å²) in [7, 11) is 0. The van der Waals surface area contributed by atoms with Crippen LogP contribution in [0.15, 0.2) is 42.5 Å². The molecule has 0 aliphatic heterocycles. The highest BCUT2D eigenvalue weighted by Gasteiger charge is 2.10. The van der Waals surface area contributed by atoms with E-state index in [9.17, 15) is 0 Å². The molecule has 120 valence electrons. The molecule has 2 aromatic carbocycles. The molecule has 0 aliphatic carbocycles. The molecule has 0 amide bonds. The van der Waals surface area contributed by atoms with Crippen molar-refractivity contribution in [2.75, 3.05) is 13.2 Å². The van der Waals surface area contributed by atoms with Gasteiger partial charge in [-0.15, -0.1) is 12.4 Å². The summed E-state index contributed by atoms with van der Waals surface area (Å²) >= 11 is 12.2. The number of nitrogens with one attached hydrogen (secondary N) is 1. The molecule has 0 saturated heterocycles. The molecule has 5 heteroatoms. The van der Waals surface area contributed by atoms with Crippen molar-refractivity contribution in [1.29, 1.82) is 0 Å². The van der Waals surface area contributed by atoms with Gasteiger partial charge in [0, 0.05) is 17.1 Å². The highest BCUT2D eigenvalue weighted by atomic mass is 35.5. The van der Waals surface area contributed by atoms with Crippen LogP contribution in [-0.4, -0.2) is 13.2 Å². The first-order chi connectivity index (χ1) is 10.2. The second-order valence-electron chi connectivity index (χ2n) is 4.72. The fraction of sp³-hybridized carbons (Fsp3) is 0.294. The van der Waals surface area contributed by atoms with E-state index in [1.807, 2.05) is 19.1 Å². The van der Waals surface area contributed by atoms with Gasteiger partial charge in [0.1, 0.15) is 5.75 Å². The van der Waals surface area contributed by atoms with Crippen molar-refractivity contribution in [1.82, 2.24) is 5.32 Å². The number of halogens is 3. The molecule has 2 nitrogen and oxygen atoms in total. The molecule has 0 saturated carbocycles. The van der Waals surface area contributed by atoms with Crippen LogP contribution in [0.1, 0.15) is 18.1 Å². The largest absolute Gasteiger partial charge is 0.492 e. The molecule has 0 atom stereocenters. The highest BCUT2D eigenvalue weighted by molar-refractivity contribution is 6.35. The lowest BCUT2D eigenvalue weighted by molar-refractivity contribution is 0.336. The summed E-state index contributed by atoms with van der Waals surface area (Å²) in [5.74, 6) is 0.718. The van der Waals surface area contributed by atoms with E-state index in [4.69, 9.17) is 27.9 Å². The van der Waals surface area contributed by atoms with E-state index in [0.29, 0.717) is 23.2 Å². The topological polar surface area (TPSA) is 21.3 Å². The lowest BCUT2D eigenvalue weighted by atomic mass is 10.1. The van der Waals surface area contributed by atoms with E-state index in [0.717, 1.165) is 24.3 Å². The van der Waals surface area contributed by atoms with Gasteiger partial charge in [-0.25, -0.2) is 0 Å². The van der Waals surface area contributed by atoms with Crippen LogP contribution in [0.25, 0.3) is 0 Å². The molecule has 0 fully saturated rings. The van der Waals surface area contributed by atoms with Crippen molar-refractivity contribution in [3.05, 3.63) is 63.6 Å². The van der Waals surface area contributed by atoms with Gasteiger partial charge in [0.05, 0.1) is 11.6 Å². The molecule has 0 unspecified atom stereocenters. The maximum atomic E-state index is 6.18. The minimum absolute atomic E-state index is 0. The van der Waals surface area contributed by atoms with Crippen LogP contribution in [-0.2, 0) is 13.0 Å². The van der Waals surface area contributed by atoms with E-state index in [-0.39, 0.29) is 12.4 Å². The Labute approximate surface area is 148 Å². The summed E-state index contributed by atoms with van der Waals surface area (Å²) < 4.78 is 5.61. The zero-order valence-corrected chi connectivity index (χ0v) is 14.8. The molecule has 0 aromatic heterocycles. The van der Waals surface area contributed by atoms with E-state index < -0.39 is 0 Å². The molecule has 0 heterocycles. The molecule has 0 spiro atoms. The van der Waals surface area contributed by atoms with E-state index in [2.05, 4.69) is 29.6 Å². The van der Waals surface area contributed by atoms with E-state index >= 15 is 0 Å². The van der Waals surface area contributed by atoms with Gasteiger partial charge in [-0.1, -0.05) is 53.5 Å². The van der Waals surface area contributed by atoms with Gasteiger partial charge in [0.2, 0.25) is 0 Å². The average Bonchev–Trinajstić information content (AvgIpc) is 2.48. The van der Waals surface area contributed by atoms with Gasteiger partial charge in [-0.2, -0.15) is 0 Å². The SMILES string of the molecule is CCOc1c(Cl)cc(Cl)cc1CNCCc1ccccc1.Cl. The van der Waals surface area contributed by atoms with Gasteiger partial charge in [0.25, 0.3) is 0 Å². The number of hydrogen-bond acceptors (Lipinski definition) is 2. The molecule has 22 heavy (non-hydrogen) atoms. The fourth-order valence-corrected chi connectivity index (χ4v) is 2.74. The first-order valence-corrected chi connectivity index (χ1v) is 7.81. The van der Waals surface area contributed by atoms with E-state index in [1.165, 1.54) is 5.56 Å². The van der Waals surface area contributed by atoms with Crippen molar-refractivity contribution in [3.63, 3.8) is 0 Å². The van der Waals surface area contributed by atoms with Crippen LogP contribution < -0.4 is 10.1 Å². The zero-order chi connectivity index (χ0) is 15.1. The minimum Gasteiger partial charge on any atom is -0.492 e. The molecule has 0 aliphatic rings. The molecule has 2 rings (SSSR count). The summed E-state index contributed by atoms with van der Waals surface area (Å²) in [6.07, 6.45) is 0.985. The quantitative estimate of drug-likeness (QED) is 0.690. The van der Waals surface area contributed by atoms with Crippen LogP contribution in [0.3, 0.4) is 0 Å². The van der Waals surface area contributed by atoms with Crippen molar-refractivity contribution < 1.29 is 4.74 Å². The maximum Gasteiger partial charge on any atom is 0.142 e. The van der Waals surface area contributed by atoms with Crippen LogP contribution in [0.4, 0.5) is 0 Å². The third-order valence-electron chi connectivity index (χ3n) is 3.12. The third-order valence-corrected chi connectivity index (χ3v) is 3.62. The molecular formula is C17H20Cl3NO. The summed E-state index contributed by atoms with van der Waals surface area (Å²) in [5.41, 5.74) is 2.31. The Hall–Kier alpha value is -0.930. The third kappa shape index (κ3) is 5.69. The summed E-state index contributed by atoms with van der Waals surface area (Å²) in [5, 5.41) is 4.59. The summed E-state index contributed by atoms with van der Waals surface area (Å²) in [6, 6.07) is 14.0. The zero-order valence-electron chi connectivity index (χ0n) is 12.4. The van der Waals surface area contributed by atoms with Crippen molar-refractivity contribution in [2.45, 2.75) is 19.9 Å². The average molecular weight is 361 g/mol. The number of benzene rings is 2. The Kier molecular flexibility index (Phi) is 8.66. The molecular weight excluding hydrogens is 341 g/mol. The van der Waals surface area contributed by atoms with Gasteiger partial charge in [0.15, 0.2) is 0 Å². The second kappa shape index (κ2) is 9.96. The number of hydrogen-bond donors (Lipinski definition) is 1. The highest BCUT2D eigenvalue weighted by Crippen LogP contribution is 2.32. The van der Waals surface area contributed by atoms with Crippen LogP contribution in [0.2, 0.25) is 10.0 Å². The van der Waals surface area contributed by atoms with Crippen LogP contribution >= 0.6 is 35.6 Å². The number of rotatable bonds is 7. The standard InChI is InChI=1S/C17H19Cl2NO.ClH/c1-2-21-17-14(10-15(18)11-16(17)19)12-20-9-8-13-6-4-3-5-7-13;/h3-7,10-11,20H,2,8-9,12H2,1H3;1H. The van der Waals surface area contributed by atoms with E-state index in [1.54, 1.807) is 6.07 Å². The Bertz CT molecular complexity index is 576. The molecule has 0 bridgehead atoms. The van der Waals surface area contributed by atoms with Crippen LogP contribution in [0, 0.1) is 0 Å². The van der Waals surface area contributed by atoms with Crippen molar-refractivity contribution in [3.8, 4) is 5.75 Å². The summed E-state index contributed by atoms with van der Waals surface area (Å²) in [6.45, 7) is 4.10. The minimum atomic E-state index is 0.